The van der Waals surface area contributed by atoms with Crippen LogP contribution in [-0.4, -0.2) is 17.0 Å². The van der Waals surface area contributed by atoms with Crippen LogP contribution in [0.15, 0.2) is 60.7 Å². The van der Waals surface area contributed by atoms with Gasteiger partial charge in [0.1, 0.15) is 5.54 Å². The summed E-state index contributed by atoms with van der Waals surface area (Å²) in [6.45, 7) is 3.01. The molecular weight excluding hydrogens is 292 g/mol. The minimum absolute atomic E-state index is 0.477. The lowest BCUT2D eigenvalue weighted by Crippen LogP contribution is -2.57. The van der Waals surface area contributed by atoms with Gasteiger partial charge in [0.15, 0.2) is 5.54 Å². The fourth-order valence-electron chi connectivity index (χ4n) is 2.29. The minimum atomic E-state index is -1.56. The van der Waals surface area contributed by atoms with E-state index in [9.17, 15) is 14.7 Å². The number of aliphatic carboxylic acids is 1. The van der Waals surface area contributed by atoms with Gasteiger partial charge in [-0.2, -0.15) is 0 Å². The van der Waals surface area contributed by atoms with Crippen molar-refractivity contribution < 1.29 is 14.7 Å². The molecule has 0 aliphatic carbocycles. The van der Waals surface area contributed by atoms with Crippen molar-refractivity contribution in [3.63, 3.8) is 0 Å². The van der Waals surface area contributed by atoms with Gasteiger partial charge in [0.25, 0.3) is 0 Å². The highest BCUT2D eigenvalue weighted by Gasteiger charge is 2.41. The molecule has 120 valence electrons. The van der Waals surface area contributed by atoms with Crippen LogP contribution >= 0.6 is 0 Å². The Morgan fingerprint density at radius 3 is 1.78 bits per heavy atom. The third-order valence-corrected chi connectivity index (χ3v) is 3.99. The molecule has 0 bridgehead atoms. The third-order valence-electron chi connectivity index (χ3n) is 3.99. The number of carbonyl (C=O) groups is 2. The van der Waals surface area contributed by atoms with E-state index in [-0.39, 0.29) is 0 Å². The van der Waals surface area contributed by atoms with Crippen molar-refractivity contribution in [2.75, 3.05) is 0 Å². The first kappa shape index (κ1) is 16.7. The number of carbonyl (C=O) groups excluding carboxylic acids is 1. The standard InChI is InChI=1S/C18H20N2O3/c1-17(19,13-9-5-3-6-10-13)15(21)20-18(2,16(22)23)14-11-7-4-8-12-14/h3-12H,19H2,1-2H3,(H,20,21)(H,22,23)/t17-,18+/m0/s1. The minimum Gasteiger partial charge on any atom is -0.479 e. The van der Waals surface area contributed by atoms with Gasteiger partial charge in [-0.05, 0) is 25.0 Å². The second kappa shape index (κ2) is 6.22. The van der Waals surface area contributed by atoms with Gasteiger partial charge in [0.05, 0.1) is 0 Å². The van der Waals surface area contributed by atoms with Gasteiger partial charge in [-0.25, -0.2) is 4.79 Å². The smallest absolute Gasteiger partial charge is 0.333 e. The quantitative estimate of drug-likeness (QED) is 0.787. The Balaban J connectivity index is 2.34. The second-order valence-corrected chi connectivity index (χ2v) is 5.82. The number of carboxylic acids is 1. The average molecular weight is 312 g/mol. The van der Waals surface area contributed by atoms with Crippen molar-refractivity contribution in [3.05, 3.63) is 71.8 Å². The number of benzene rings is 2. The molecule has 0 radical (unpaired) electrons. The first-order chi connectivity index (χ1) is 10.8. The van der Waals surface area contributed by atoms with Crippen LogP contribution in [0.2, 0.25) is 0 Å². The van der Waals surface area contributed by atoms with Crippen LogP contribution in [0.1, 0.15) is 25.0 Å². The number of rotatable bonds is 5. The summed E-state index contributed by atoms with van der Waals surface area (Å²) in [4.78, 5) is 24.4. The summed E-state index contributed by atoms with van der Waals surface area (Å²) in [5.41, 5.74) is 4.35. The van der Waals surface area contributed by atoms with E-state index in [4.69, 9.17) is 5.73 Å². The number of hydrogen-bond donors (Lipinski definition) is 3. The lowest BCUT2D eigenvalue weighted by Gasteiger charge is -2.32. The SMILES string of the molecule is C[C@](NC(=O)[C@@](C)(N)c1ccccc1)(C(=O)O)c1ccccc1. The summed E-state index contributed by atoms with van der Waals surface area (Å²) in [5, 5.41) is 12.2. The Hall–Kier alpha value is -2.66. The van der Waals surface area contributed by atoms with Crippen LogP contribution < -0.4 is 11.1 Å². The zero-order valence-corrected chi connectivity index (χ0v) is 13.1. The van der Waals surface area contributed by atoms with Gasteiger partial charge in [-0.15, -0.1) is 0 Å². The molecule has 5 nitrogen and oxygen atoms in total. The van der Waals surface area contributed by atoms with Gasteiger partial charge in [0, 0.05) is 0 Å². The van der Waals surface area contributed by atoms with Crippen LogP contribution in [0.25, 0.3) is 0 Å². The molecule has 0 aliphatic rings. The molecule has 0 heterocycles. The van der Waals surface area contributed by atoms with Crippen molar-refractivity contribution in [1.29, 1.82) is 0 Å². The maximum atomic E-state index is 12.7. The molecule has 0 saturated carbocycles. The molecule has 0 saturated heterocycles. The molecule has 2 aromatic rings. The third kappa shape index (κ3) is 3.24. The fraction of sp³-hybridized carbons (Fsp3) is 0.222. The molecule has 0 unspecified atom stereocenters. The zero-order chi connectivity index (χ0) is 17.1. The number of amides is 1. The van der Waals surface area contributed by atoms with Gasteiger partial charge in [0.2, 0.25) is 5.91 Å². The average Bonchev–Trinajstić information content (AvgIpc) is 2.56. The van der Waals surface area contributed by atoms with Crippen LogP contribution in [-0.2, 0) is 20.7 Å². The molecule has 0 fully saturated rings. The zero-order valence-electron chi connectivity index (χ0n) is 13.1. The summed E-state index contributed by atoms with van der Waals surface area (Å²) in [6, 6.07) is 17.4. The molecule has 23 heavy (non-hydrogen) atoms. The molecular formula is C18H20N2O3. The maximum absolute atomic E-state index is 12.7. The largest absolute Gasteiger partial charge is 0.479 e. The summed E-state index contributed by atoms with van der Waals surface area (Å²) >= 11 is 0. The van der Waals surface area contributed by atoms with Crippen molar-refractivity contribution in [2.45, 2.75) is 24.9 Å². The number of hydrogen-bond acceptors (Lipinski definition) is 3. The van der Waals surface area contributed by atoms with Gasteiger partial charge >= 0.3 is 5.97 Å². The highest BCUT2D eigenvalue weighted by Crippen LogP contribution is 2.24. The van der Waals surface area contributed by atoms with Crippen molar-refractivity contribution in [3.8, 4) is 0 Å². The predicted octanol–water partition coefficient (Wildman–Crippen LogP) is 1.98. The lowest BCUT2D eigenvalue weighted by molar-refractivity contribution is -0.148. The predicted molar refractivity (Wildman–Crippen MR) is 87.6 cm³/mol. The second-order valence-electron chi connectivity index (χ2n) is 5.82. The number of nitrogens with two attached hydrogens (primary N) is 1. The molecule has 4 N–H and O–H groups in total. The van der Waals surface area contributed by atoms with E-state index in [2.05, 4.69) is 5.32 Å². The highest BCUT2D eigenvalue weighted by molar-refractivity contribution is 5.93. The maximum Gasteiger partial charge on any atom is 0.333 e. The molecule has 2 atom stereocenters. The van der Waals surface area contributed by atoms with Crippen molar-refractivity contribution >= 4 is 11.9 Å². The van der Waals surface area contributed by atoms with Gasteiger partial charge in [-0.1, -0.05) is 60.7 Å². The molecule has 0 aromatic heterocycles. The first-order valence-corrected chi connectivity index (χ1v) is 7.24. The normalized spacial score (nSPS) is 16.0. The molecule has 1 amide bonds. The first-order valence-electron chi connectivity index (χ1n) is 7.24. The van der Waals surface area contributed by atoms with Crippen molar-refractivity contribution in [2.24, 2.45) is 5.73 Å². The van der Waals surface area contributed by atoms with E-state index in [0.717, 1.165) is 0 Å². The molecule has 0 spiro atoms. The molecule has 0 aliphatic heterocycles. The summed E-state index contributed by atoms with van der Waals surface area (Å²) in [6.07, 6.45) is 0. The Morgan fingerprint density at radius 2 is 1.35 bits per heavy atom. The van der Waals surface area contributed by atoms with E-state index >= 15 is 0 Å². The number of carboxylic acid groups (broad SMARTS) is 1. The van der Waals surface area contributed by atoms with Crippen LogP contribution in [0.5, 0.6) is 0 Å². The van der Waals surface area contributed by atoms with E-state index < -0.39 is 23.0 Å². The monoisotopic (exact) mass is 312 g/mol. The van der Waals surface area contributed by atoms with Gasteiger partial charge < -0.3 is 16.2 Å². The fourth-order valence-corrected chi connectivity index (χ4v) is 2.29. The summed E-state index contributed by atoms with van der Waals surface area (Å²) in [7, 11) is 0. The lowest BCUT2D eigenvalue weighted by atomic mass is 9.87. The van der Waals surface area contributed by atoms with Crippen molar-refractivity contribution in [1.82, 2.24) is 5.32 Å². The van der Waals surface area contributed by atoms with Crippen LogP contribution in [0.3, 0.4) is 0 Å². The molecule has 2 rings (SSSR count). The summed E-state index contributed by atoms with van der Waals surface area (Å²) < 4.78 is 0. The van der Waals surface area contributed by atoms with Crippen LogP contribution in [0, 0.1) is 0 Å². The Bertz CT molecular complexity index is 699. The number of nitrogens with one attached hydrogen (secondary N) is 1. The van der Waals surface area contributed by atoms with E-state index in [1.165, 1.54) is 6.92 Å². The Labute approximate surface area is 135 Å². The van der Waals surface area contributed by atoms with E-state index in [1.54, 1.807) is 61.5 Å². The Kier molecular flexibility index (Phi) is 4.52. The molecule has 2 aromatic carbocycles. The van der Waals surface area contributed by atoms with Gasteiger partial charge in [-0.3, -0.25) is 4.79 Å². The van der Waals surface area contributed by atoms with E-state index in [0.29, 0.717) is 11.1 Å². The van der Waals surface area contributed by atoms with Crippen LogP contribution in [0.4, 0.5) is 0 Å². The summed E-state index contributed by atoms with van der Waals surface area (Å²) in [5.74, 6) is -1.71. The molecule has 5 heteroatoms. The Morgan fingerprint density at radius 1 is 0.913 bits per heavy atom. The topological polar surface area (TPSA) is 92.4 Å². The van der Waals surface area contributed by atoms with E-state index in [1.807, 2.05) is 6.07 Å². The highest BCUT2D eigenvalue weighted by atomic mass is 16.4.